The second-order valence-electron chi connectivity index (χ2n) is 6.85. The zero-order valence-corrected chi connectivity index (χ0v) is 17.2. The number of hydrogen-bond donors (Lipinski definition) is 1. The average molecular weight is 438 g/mol. The van der Waals surface area contributed by atoms with Crippen LogP contribution < -0.4 is 10.1 Å². The van der Waals surface area contributed by atoms with Gasteiger partial charge in [-0.1, -0.05) is 10.3 Å². The fourth-order valence-corrected chi connectivity index (χ4v) is 2.97. The molecule has 1 aromatic carbocycles. The Hall–Kier alpha value is -3.37. The molecule has 0 bridgehead atoms. The van der Waals surface area contributed by atoms with Crippen LogP contribution in [0.5, 0.6) is 5.75 Å². The van der Waals surface area contributed by atoms with Gasteiger partial charge in [0, 0.05) is 24.6 Å². The van der Waals surface area contributed by atoms with Gasteiger partial charge in [0.25, 0.3) is 5.91 Å². The molecule has 0 atom stereocenters. The first-order chi connectivity index (χ1) is 14.7. The van der Waals surface area contributed by atoms with Crippen LogP contribution in [0.25, 0.3) is 11.4 Å². The lowest BCUT2D eigenvalue weighted by Gasteiger charge is -2.13. The van der Waals surface area contributed by atoms with E-state index in [4.69, 9.17) is 9.26 Å². The Morgan fingerprint density at radius 1 is 1.13 bits per heavy atom. The predicted octanol–water partition coefficient (Wildman–Crippen LogP) is 4.12. The molecular weight excluding hydrogens is 417 g/mol. The largest absolute Gasteiger partial charge is 0.493 e. The third-order valence-electron chi connectivity index (χ3n) is 4.33. The van der Waals surface area contributed by atoms with E-state index in [9.17, 15) is 18.0 Å². The van der Waals surface area contributed by atoms with E-state index in [1.165, 1.54) is 0 Å². The van der Waals surface area contributed by atoms with Gasteiger partial charge in [-0.2, -0.15) is 18.2 Å². The molecule has 0 aliphatic carbocycles. The highest BCUT2D eigenvalue weighted by molar-refractivity contribution is 5.92. The highest BCUT2D eigenvalue weighted by Gasteiger charge is 2.38. The lowest BCUT2D eigenvalue weighted by atomic mass is 10.1. The number of aryl methyl sites for hydroxylation is 3. The summed E-state index contributed by atoms with van der Waals surface area (Å²) in [4.78, 5) is 15.1. The number of alkyl halides is 3. The molecule has 1 N–H and O–H groups in total. The molecule has 0 aliphatic rings. The van der Waals surface area contributed by atoms with E-state index in [-0.39, 0.29) is 17.4 Å². The molecule has 0 saturated heterocycles. The second-order valence-corrected chi connectivity index (χ2v) is 6.85. The molecule has 2 aromatic heterocycles. The molecular formula is C20H21F3N4O4. The summed E-state index contributed by atoms with van der Waals surface area (Å²) in [6, 6.07) is 4.88. The van der Waals surface area contributed by atoms with Crippen LogP contribution in [-0.2, 0) is 12.6 Å². The lowest BCUT2D eigenvalue weighted by molar-refractivity contribution is -0.159. The number of aromatic nitrogens is 3. The van der Waals surface area contributed by atoms with Crippen molar-refractivity contribution in [3.8, 4) is 17.1 Å². The van der Waals surface area contributed by atoms with E-state index in [2.05, 4.69) is 25.1 Å². The first-order valence-corrected chi connectivity index (χ1v) is 9.58. The molecule has 0 radical (unpaired) electrons. The number of carbonyl (C=O) groups excluding carboxylic acids is 1. The fourth-order valence-electron chi connectivity index (χ4n) is 2.97. The summed E-state index contributed by atoms with van der Waals surface area (Å²) in [6.45, 7) is 6.26. The summed E-state index contributed by atoms with van der Waals surface area (Å²) in [7, 11) is 0. The van der Waals surface area contributed by atoms with Crippen molar-refractivity contribution < 1.29 is 31.7 Å². The summed E-state index contributed by atoms with van der Waals surface area (Å²) in [5.74, 6) is -0.613. The smallest absolute Gasteiger partial charge is 0.471 e. The zero-order valence-electron chi connectivity index (χ0n) is 17.2. The van der Waals surface area contributed by atoms with Gasteiger partial charge in [-0.3, -0.25) is 4.79 Å². The summed E-state index contributed by atoms with van der Waals surface area (Å²) in [6.07, 6.45) is -3.54. The van der Waals surface area contributed by atoms with Crippen molar-refractivity contribution in [2.45, 2.75) is 39.8 Å². The van der Waals surface area contributed by atoms with Crippen LogP contribution in [0.1, 0.15) is 46.6 Å². The molecule has 0 spiro atoms. The normalized spacial score (nSPS) is 11.5. The van der Waals surface area contributed by atoms with Gasteiger partial charge in [-0.15, -0.1) is 0 Å². The molecule has 166 valence electrons. The van der Waals surface area contributed by atoms with E-state index in [0.29, 0.717) is 43.1 Å². The molecule has 3 rings (SSSR count). The minimum Gasteiger partial charge on any atom is -0.493 e. The maximum absolute atomic E-state index is 12.7. The number of halogens is 3. The van der Waals surface area contributed by atoms with E-state index in [1.807, 2.05) is 6.92 Å². The number of nitrogens with zero attached hydrogens (tertiary/aromatic N) is 3. The minimum absolute atomic E-state index is 0.140. The number of benzene rings is 1. The maximum atomic E-state index is 12.7. The van der Waals surface area contributed by atoms with Gasteiger partial charge in [-0.05, 0) is 50.5 Å². The lowest BCUT2D eigenvalue weighted by Crippen LogP contribution is -2.22. The molecule has 31 heavy (non-hydrogen) atoms. The molecule has 0 aliphatic heterocycles. The van der Waals surface area contributed by atoms with Crippen LogP contribution in [0.3, 0.4) is 0 Å². The third kappa shape index (κ3) is 5.41. The highest BCUT2D eigenvalue weighted by Crippen LogP contribution is 2.32. The van der Waals surface area contributed by atoms with Crippen LogP contribution >= 0.6 is 0 Å². The summed E-state index contributed by atoms with van der Waals surface area (Å²) in [5, 5.41) is 9.79. The molecule has 0 fully saturated rings. The van der Waals surface area contributed by atoms with E-state index >= 15 is 0 Å². The van der Waals surface area contributed by atoms with Crippen LogP contribution in [0, 0.1) is 13.8 Å². The van der Waals surface area contributed by atoms with Crippen molar-refractivity contribution in [3.05, 3.63) is 46.7 Å². The van der Waals surface area contributed by atoms with Gasteiger partial charge in [0.1, 0.15) is 11.5 Å². The number of hydrogen-bond acceptors (Lipinski definition) is 7. The quantitative estimate of drug-likeness (QED) is 0.528. The SMILES string of the molecule is CCNC(=O)c1cc(CCCOc2c(C)cc(-c3noc(C(F)(F)F)n3)cc2C)on1. The molecule has 11 heteroatoms. The van der Waals surface area contributed by atoms with Crippen molar-refractivity contribution in [2.24, 2.45) is 0 Å². The second kappa shape index (κ2) is 9.19. The number of ether oxygens (including phenoxy) is 1. The van der Waals surface area contributed by atoms with Crippen LogP contribution in [-0.4, -0.2) is 34.4 Å². The Labute approximate surface area is 175 Å². The van der Waals surface area contributed by atoms with E-state index in [1.54, 1.807) is 32.0 Å². The first-order valence-electron chi connectivity index (χ1n) is 9.58. The summed E-state index contributed by atoms with van der Waals surface area (Å²) in [5.41, 5.74) is 2.09. The van der Waals surface area contributed by atoms with Gasteiger partial charge in [-0.25, -0.2) is 0 Å². The standard InChI is InChI=1S/C20H21F3N4O4/c1-4-24-18(28)15-10-14(30-26-15)6-5-7-29-16-11(2)8-13(9-12(16)3)17-25-19(31-27-17)20(21,22)23/h8-10H,4-7H2,1-3H3,(H,24,28). The molecule has 2 heterocycles. The molecule has 3 aromatic rings. The van der Waals surface area contributed by atoms with Gasteiger partial charge >= 0.3 is 12.1 Å². The molecule has 1 amide bonds. The van der Waals surface area contributed by atoms with Gasteiger partial charge in [0.05, 0.1) is 6.61 Å². The van der Waals surface area contributed by atoms with Crippen LogP contribution in [0.15, 0.2) is 27.2 Å². The molecule has 8 nitrogen and oxygen atoms in total. The maximum Gasteiger partial charge on any atom is 0.471 e. The van der Waals surface area contributed by atoms with E-state index < -0.39 is 12.1 Å². The van der Waals surface area contributed by atoms with E-state index in [0.717, 1.165) is 11.1 Å². The Bertz CT molecular complexity index is 1040. The number of carbonyl (C=O) groups is 1. The average Bonchev–Trinajstić information content (AvgIpc) is 3.36. The van der Waals surface area contributed by atoms with Crippen molar-refractivity contribution in [3.63, 3.8) is 0 Å². The Morgan fingerprint density at radius 3 is 2.45 bits per heavy atom. The first kappa shape index (κ1) is 22.3. The van der Waals surface area contributed by atoms with Crippen molar-refractivity contribution in [2.75, 3.05) is 13.2 Å². The van der Waals surface area contributed by atoms with Gasteiger partial charge in [0.15, 0.2) is 5.69 Å². The monoisotopic (exact) mass is 438 g/mol. The highest BCUT2D eigenvalue weighted by atomic mass is 19.4. The van der Waals surface area contributed by atoms with Crippen LogP contribution in [0.2, 0.25) is 0 Å². The number of amides is 1. The Kier molecular flexibility index (Phi) is 6.62. The summed E-state index contributed by atoms with van der Waals surface area (Å²) >= 11 is 0. The van der Waals surface area contributed by atoms with Crippen molar-refractivity contribution in [1.29, 1.82) is 0 Å². The summed E-state index contributed by atoms with van der Waals surface area (Å²) < 4.78 is 53.3. The Balaban J connectivity index is 1.59. The van der Waals surface area contributed by atoms with Gasteiger partial charge < -0.3 is 19.1 Å². The number of nitrogens with one attached hydrogen (secondary N) is 1. The van der Waals surface area contributed by atoms with Crippen molar-refractivity contribution >= 4 is 5.91 Å². The fraction of sp³-hybridized carbons (Fsp3) is 0.400. The van der Waals surface area contributed by atoms with Crippen LogP contribution in [0.4, 0.5) is 13.2 Å². The third-order valence-corrected chi connectivity index (χ3v) is 4.33. The molecule has 0 unspecified atom stereocenters. The van der Waals surface area contributed by atoms with Gasteiger partial charge in [0.2, 0.25) is 5.82 Å². The Morgan fingerprint density at radius 2 is 1.84 bits per heavy atom. The molecule has 0 saturated carbocycles. The number of rotatable bonds is 8. The minimum atomic E-state index is -4.69. The van der Waals surface area contributed by atoms with Crippen molar-refractivity contribution in [1.82, 2.24) is 20.6 Å². The topological polar surface area (TPSA) is 103 Å². The zero-order chi connectivity index (χ0) is 22.6. The predicted molar refractivity (Wildman–Crippen MR) is 103 cm³/mol.